The Labute approximate surface area is 127 Å². The summed E-state index contributed by atoms with van der Waals surface area (Å²) in [6.07, 6.45) is 0. The van der Waals surface area contributed by atoms with Gasteiger partial charge in [-0.15, -0.1) is 0 Å². The van der Waals surface area contributed by atoms with Crippen LogP contribution in [-0.2, 0) is 22.8 Å². The SMILES string of the molecule is C=C(C)C(=O)OCC[Si]1(OCC(C)CO)OCC(C)CO1. The summed E-state index contributed by atoms with van der Waals surface area (Å²) in [7, 11) is -2.82. The number of aliphatic hydroxyl groups is 1. The number of esters is 1. The average molecular weight is 318 g/mol. The van der Waals surface area contributed by atoms with Crippen LogP contribution in [0.4, 0.5) is 0 Å². The molecule has 0 amide bonds. The molecule has 1 aliphatic rings. The Morgan fingerprint density at radius 1 is 1.48 bits per heavy atom. The maximum atomic E-state index is 11.4. The Kier molecular flexibility index (Phi) is 7.54. The molecule has 1 atom stereocenters. The highest BCUT2D eigenvalue weighted by Crippen LogP contribution is 2.23. The van der Waals surface area contributed by atoms with E-state index in [1.54, 1.807) is 6.92 Å². The molecule has 1 fully saturated rings. The van der Waals surface area contributed by atoms with Crippen LogP contribution >= 0.6 is 0 Å². The number of hydrogen-bond donors (Lipinski definition) is 1. The van der Waals surface area contributed by atoms with Gasteiger partial charge >= 0.3 is 14.8 Å². The van der Waals surface area contributed by atoms with Crippen LogP contribution in [0.3, 0.4) is 0 Å². The molecule has 0 spiro atoms. The van der Waals surface area contributed by atoms with Crippen LogP contribution in [0.25, 0.3) is 0 Å². The predicted octanol–water partition coefficient (Wildman–Crippen LogP) is 1.37. The molecule has 0 aliphatic carbocycles. The fraction of sp³-hybridized carbons (Fsp3) is 0.786. The van der Waals surface area contributed by atoms with Crippen molar-refractivity contribution in [1.29, 1.82) is 0 Å². The van der Waals surface area contributed by atoms with E-state index < -0.39 is 14.8 Å². The highest BCUT2D eigenvalue weighted by atomic mass is 28.4. The lowest BCUT2D eigenvalue weighted by molar-refractivity contribution is -0.138. The molecule has 7 heteroatoms. The second-order valence-corrected chi connectivity index (χ2v) is 8.41. The van der Waals surface area contributed by atoms with Crippen molar-refractivity contribution >= 4 is 14.8 Å². The Morgan fingerprint density at radius 2 is 2.10 bits per heavy atom. The van der Waals surface area contributed by atoms with Gasteiger partial charge in [0, 0.05) is 43.8 Å². The monoisotopic (exact) mass is 318 g/mol. The Balaban J connectivity index is 2.51. The highest BCUT2D eigenvalue weighted by Gasteiger charge is 2.45. The zero-order valence-electron chi connectivity index (χ0n) is 13.1. The number of carbonyl (C=O) groups excluding carboxylic acids is 1. The van der Waals surface area contributed by atoms with Crippen molar-refractivity contribution in [3.63, 3.8) is 0 Å². The second kappa shape index (κ2) is 8.65. The summed E-state index contributed by atoms with van der Waals surface area (Å²) < 4.78 is 22.6. The van der Waals surface area contributed by atoms with Crippen molar-refractivity contribution in [2.75, 3.05) is 33.0 Å². The molecule has 122 valence electrons. The Bertz CT molecular complexity index is 351. The van der Waals surface area contributed by atoms with Crippen LogP contribution in [0.1, 0.15) is 20.8 Å². The van der Waals surface area contributed by atoms with Crippen molar-refractivity contribution in [3.05, 3.63) is 12.2 Å². The zero-order valence-corrected chi connectivity index (χ0v) is 14.1. The molecule has 1 N–H and O–H groups in total. The quantitative estimate of drug-likeness (QED) is 0.414. The highest BCUT2D eigenvalue weighted by molar-refractivity contribution is 6.60. The van der Waals surface area contributed by atoms with Crippen LogP contribution in [0, 0.1) is 11.8 Å². The van der Waals surface area contributed by atoms with Gasteiger partial charge in [0.1, 0.15) is 0 Å². The third kappa shape index (κ3) is 6.27. The van der Waals surface area contributed by atoms with Gasteiger partial charge in [0.2, 0.25) is 0 Å². The summed E-state index contributed by atoms with van der Waals surface area (Å²) in [6.45, 7) is 10.8. The summed E-state index contributed by atoms with van der Waals surface area (Å²) in [6, 6.07) is 0.414. The molecule has 1 unspecified atom stereocenters. The van der Waals surface area contributed by atoms with Crippen molar-refractivity contribution < 1.29 is 27.9 Å². The number of carbonyl (C=O) groups is 1. The minimum Gasteiger partial charge on any atom is -0.462 e. The van der Waals surface area contributed by atoms with E-state index >= 15 is 0 Å². The average Bonchev–Trinajstić information content (AvgIpc) is 2.47. The van der Waals surface area contributed by atoms with Gasteiger partial charge in [0.15, 0.2) is 0 Å². The van der Waals surface area contributed by atoms with Gasteiger partial charge in [-0.1, -0.05) is 20.4 Å². The van der Waals surface area contributed by atoms with Gasteiger partial charge in [-0.3, -0.25) is 0 Å². The number of hydrogen-bond acceptors (Lipinski definition) is 6. The topological polar surface area (TPSA) is 74.2 Å². The summed E-state index contributed by atoms with van der Waals surface area (Å²) >= 11 is 0. The minimum absolute atomic E-state index is 0.0129. The summed E-state index contributed by atoms with van der Waals surface area (Å²) in [4.78, 5) is 11.4. The van der Waals surface area contributed by atoms with Crippen LogP contribution < -0.4 is 0 Å². The van der Waals surface area contributed by atoms with Gasteiger partial charge in [-0.2, -0.15) is 0 Å². The normalized spacial score (nSPS) is 27.1. The maximum Gasteiger partial charge on any atom is 0.504 e. The van der Waals surface area contributed by atoms with Crippen molar-refractivity contribution in [3.8, 4) is 0 Å². The molecule has 0 aromatic rings. The number of aliphatic hydroxyl groups excluding tert-OH is 1. The molecule has 1 rings (SSSR count). The molecular weight excluding hydrogens is 292 g/mol. The number of rotatable bonds is 8. The third-order valence-electron chi connectivity index (χ3n) is 3.06. The zero-order chi connectivity index (χ0) is 15.9. The summed E-state index contributed by atoms with van der Waals surface area (Å²) in [5.74, 6) is -0.0894. The van der Waals surface area contributed by atoms with Crippen LogP contribution in [0.15, 0.2) is 12.2 Å². The molecule has 0 saturated carbocycles. The van der Waals surface area contributed by atoms with Crippen LogP contribution in [0.5, 0.6) is 0 Å². The first kappa shape index (κ1) is 18.3. The van der Waals surface area contributed by atoms with E-state index in [1.165, 1.54) is 0 Å². The van der Waals surface area contributed by atoms with E-state index in [0.717, 1.165) is 0 Å². The van der Waals surface area contributed by atoms with Gasteiger partial charge in [0.05, 0.1) is 12.7 Å². The predicted molar refractivity (Wildman–Crippen MR) is 79.6 cm³/mol. The first-order chi connectivity index (χ1) is 9.88. The maximum absolute atomic E-state index is 11.4. The Morgan fingerprint density at radius 3 is 2.62 bits per heavy atom. The van der Waals surface area contributed by atoms with E-state index in [2.05, 4.69) is 6.58 Å². The van der Waals surface area contributed by atoms with Crippen LogP contribution in [0.2, 0.25) is 6.04 Å². The molecule has 21 heavy (non-hydrogen) atoms. The summed E-state index contributed by atoms with van der Waals surface area (Å²) in [5.41, 5.74) is 0.361. The van der Waals surface area contributed by atoms with E-state index in [-0.39, 0.29) is 19.1 Å². The number of ether oxygens (including phenoxy) is 1. The van der Waals surface area contributed by atoms with E-state index in [9.17, 15) is 4.79 Å². The largest absolute Gasteiger partial charge is 0.504 e. The fourth-order valence-electron chi connectivity index (χ4n) is 1.64. The van der Waals surface area contributed by atoms with Crippen molar-refractivity contribution in [1.82, 2.24) is 0 Å². The smallest absolute Gasteiger partial charge is 0.462 e. The molecule has 1 aliphatic heterocycles. The molecule has 1 heterocycles. The molecule has 6 nitrogen and oxygen atoms in total. The molecule has 1 saturated heterocycles. The van der Waals surface area contributed by atoms with Crippen molar-refractivity contribution in [2.45, 2.75) is 26.8 Å². The molecule has 0 aromatic heterocycles. The first-order valence-electron chi connectivity index (χ1n) is 7.24. The minimum atomic E-state index is -2.82. The van der Waals surface area contributed by atoms with Gasteiger partial charge in [0.25, 0.3) is 0 Å². The lowest BCUT2D eigenvalue weighted by Crippen LogP contribution is -2.52. The van der Waals surface area contributed by atoms with Gasteiger partial charge < -0.3 is 23.1 Å². The molecular formula is C14H26O6Si. The third-order valence-corrected chi connectivity index (χ3v) is 5.70. The van der Waals surface area contributed by atoms with E-state index in [1.807, 2.05) is 13.8 Å². The van der Waals surface area contributed by atoms with E-state index in [0.29, 0.717) is 37.4 Å². The van der Waals surface area contributed by atoms with Crippen LogP contribution in [-0.4, -0.2) is 52.9 Å². The Hall–Kier alpha value is -0.733. The van der Waals surface area contributed by atoms with Gasteiger partial charge in [-0.25, -0.2) is 4.79 Å². The molecule has 0 aromatic carbocycles. The molecule has 0 radical (unpaired) electrons. The second-order valence-electron chi connectivity index (χ2n) is 5.68. The standard InChI is InChI=1S/C14H26O6Si/c1-11(2)14(16)17-5-6-21(18-8-12(3)7-15)19-9-13(4)10-20-21/h12-13,15H,1,5-10H2,2-4H3. The van der Waals surface area contributed by atoms with Gasteiger partial charge in [-0.05, 0) is 6.92 Å². The summed E-state index contributed by atoms with van der Waals surface area (Å²) in [5, 5.41) is 9.07. The van der Waals surface area contributed by atoms with E-state index in [4.69, 9.17) is 23.1 Å². The lowest BCUT2D eigenvalue weighted by atomic mass is 10.2. The lowest BCUT2D eigenvalue weighted by Gasteiger charge is -2.36. The van der Waals surface area contributed by atoms with Crippen molar-refractivity contribution in [2.24, 2.45) is 11.8 Å². The fourth-order valence-corrected chi connectivity index (χ4v) is 4.29. The first-order valence-corrected chi connectivity index (χ1v) is 9.17. The molecule has 0 bridgehead atoms.